The van der Waals surface area contributed by atoms with Gasteiger partial charge in [-0.25, -0.2) is 4.98 Å². The van der Waals surface area contributed by atoms with Gasteiger partial charge in [-0.05, 0) is 73.9 Å². The molecule has 2 aliphatic carbocycles. The molecule has 1 aromatic carbocycles. The smallest absolute Gasteiger partial charge is 0.137 e. The van der Waals surface area contributed by atoms with Crippen molar-refractivity contribution in [3.8, 4) is 11.8 Å². The second-order valence-electron chi connectivity index (χ2n) is 9.06. The van der Waals surface area contributed by atoms with Crippen molar-refractivity contribution < 1.29 is 5.11 Å². The number of nitrogens with zero attached hydrogens (tertiary/aromatic N) is 2. The van der Waals surface area contributed by atoms with Crippen molar-refractivity contribution in [3.63, 3.8) is 0 Å². The third-order valence-electron chi connectivity index (χ3n) is 6.44. The molecule has 2 atom stereocenters. The highest BCUT2D eigenvalue weighted by molar-refractivity contribution is 7.49. The van der Waals surface area contributed by atoms with E-state index in [2.05, 4.69) is 65.7 Å². The van der Waals surface area contributed by atoms with Gasteiger partial charge in [-0.1, -0.05) is 45.6 Å². The molecule has 0 spiro atoms. The number of nitrogens with one attached hydrogen (secondary N) is 1. The van der Waals surface area contributed by atoms with Gasteiger partial charge in [-0.15, -0.1) is 0 Å². The highest BCUT2D eigenvalue weighted by Crippen LogP contribution is 2.32. The van der Waals surface area contributed by atoms with E-state index in [0.717, 1.165) is 17.2 Å². The van der Waals surface area contributed by atoms with Crippen LogP contribution in [-0.4, -0.2) is 33.4 Å². The molecule has 1 unspecified atom stereocenters. The fourth-order valence-electron chi connectivity index (χ4n) is 4.29. The predicted molar refractivity (Wildman–Crippen MR) is 135 cm³/mol. The molecule has 32 heavy (non-hydrogen) atoms. The number of hydrogen-bond donors (Lipinski definition) is 2. The van der Waals surface area contributed by atoms with Gasteiger partial charge in [-0.2, -0.15) is 0 Å². The van der Waals surface area contributed by atoms with Gasteiger partial charge in [0.1, 0.15) is 11.9 Å². The predicted octanol–water partition coefficient (Wildman–Crippen LogP) is 5.11. The third kappa shape index (κ3) is 5.78. The number of aromatic nitrogens is 2. The molecule has 4 nitrogen and oxygen atoms in total. The number of hydrogen-bond acceptors (Lipinski definition) is 3. The van der Waals surface area contributed by atoms with Gasteiger partial charge in [0.05, 0.1) is 0 Å². The van der Waals surface area contributed by atoms with Crippen molar-refractivity contribution in [2.24, 2.45) is 5.92 Å². The van der Waals surface area contributed by atoms with E-state index in [-0.39, 0.29) is 0 Å². The van der Waals surface area contributed by atoms with Crippen LogP contribution in [0.5, 0.6) is 0 Å². The first kappa shape index (κ1) is 23.0. The quantitative estimate of drug-likeness (QED) is 0.336. The van der Waals surface area contributed by atoms with E-state index in [9.17, 15) is 5.11 Å². The number of allylic oxidation sites excluding steroid dienone is 2. The Hall–Kier alpha value is -2.18. The number of aliphatic hydroxyl groups is 1. The lowest BCUT2D eigenvalue weighted by Crippen LogP contribution is -2.48. The van der Waals surface area contributed by atoms with Crippen LogP contribution >= 0.6 is 8.58 Å². The van der Waals surface area contributed by atoms with Crippen LogP contribution in [-0.2, 0) is 6.54 Å². The fourth-order valence-corrected chi connectivity index (χ4v) is 5.09. The van der Waals surface area contributed by atoms with E-state index in [1.807, 2.05) is 10.8 Å². The average molecular weight is 448 g/mol. The molecule has 168 valence electrons. The van der Waals surface area contributed by atoms with E-state index < -0.39 is 6.10 Å². The summed E-state index contributed by atoms with van der Waals surface area (Å²) in [5.74, 6) is 8.04. The van der Waals surface area contributed by atoms with Gasteiger partial charge in [0.15, 0.2) is 0 Å². The van der Waals surface area contributed by atoms with E-state index in [1.165, 1.54) is 43.0 Å². The Morgan fingerprint density at radius 3 is 2.69 bits per heavy atom. The monoisotopic (exact) mass is 447 g/mol. The molecule has 1 aromatic heterocycles. The average Bonchev–Trinajstić information content (AvgIpc) is 3.18. The van der Waals surface area contributed by atoms with Gasteiger partial charge < -0.3 is 15.0 Å². The molecule has 2 aromatic rings. The van der Waals surface area contributed by atoms with Crippen LogP contribution in [0.3, 0.4) is 0 Å². The number of rotatable bonds is 8. The van der Waals surface area contributed by atoms with Gasteiger partial charge in [-0.3, -0.25) is 0 Å². The normalized spacial score (nSPS) is 22.2. The first-order valence-electron chi connectivity index (χ1n) is 11.7. The standard InChI is InChI=1S/C27H34N3OP/c1-19(18-30-14-13-28-27(30)20(2)31)15-26(32-3)23-11-9-21(10-12-23)7-8-22-16-25(17-22)29-24-5-4-6-24/h9-15,20,22,24-25,29,31-32H,1,4-6,16-18H2,2-3H3/b26-15-/t20-,22?,25?/m0/s1. The zero-order valence-electron chi connectivity index (χ0n) is 19.1. The second kappa shape index (κ2) is 10.6. The Kier molecular flexibility index (Phi) is 7.63. The van der Waals surface area contributed by atoms with E-state index in [4.69, 9.17) is 0 Å². The molecule has 2 fully saturated rings. The summed E-state index contributed by atoms with van der Waals surface area (Å²) in [5.41, 5.74) is 3.29. The van der Waals surface area contributed by atoms with Crippen LogP contribution in [0, 0.1) is 17.8 Å². The fraction of sp³-hybridized carbons (Fsp3) is 0.444. The van der Waals surface area contributed by atoms with Crippen LogP contribution in [0.4, 0.5) is 0 Å². The Labute approximate surface area is 194 Å². The minimum absolute atomic E-state index is 0.540. The molecular weight excluding hydrogens is 413 g/mol. The largest absolute Gasteiger partial charge is 0.385 e. The maximum atomic E-state index is 9.85. The zero-order valence-corrected chi connectivity index (χ0v) is 20.1. The zero-order chi connectivity index (χ0) is 22.5. The highest BCUT2D eigenvalue weighted by atomic mass is 31.1. The SMILES string of the molecule is C=C(/C=C(\PC)c1ccc(C#CC2CC(NC3CCC3)C2)cc1)Cn1ccnc1[C@H](C)O. The Bertz CT molecular complexity index is 1020. The summed E-state index contributed by atoms with van der Waals surface area (Å²) < 4.78 is 1.95. The lowest BCUT2D eigenvalue weighted by molar-refractivity contribution is 0.184. The maximum absolute atomic E-state index is 9.85. The van der Waals surface area contributed by atoms with Gasteiger partial charge in [0, 0.05) is 42.5 Å². The lowest BCUT2D eigenvalue weighted by Gasteiger charge is -2.38. The van der Waals surface area contributed by atoms with Gasteiger partial charge >= 0.3 is 0 Å². The number of benzene rings is 1. The minimum Gasteiger partial charge on any atom is -0.385 e. The first-order valence-corrected chi connectivity index (χ1v) is 13.2. The molecule has 0 amide bonds. The molecule has 2 N–H and O–H groups in total. The van der Waals surface area contributed by atoms with Crippen molar-refractivity contribution in [1.29, 1.82) is 0 Å². The molecular formula is C27H34N3OP. The summed E-state index contributed by atoms with van der Waals surface area (Å²) in [4.78, 5) is 4.24. The highest BCUT2D eigenvalue weighted by Gasteiger charge is 2.30. The van der Waals surface area contributed by atoms with Crippen LogP contribution in [0.1, 0.15) is 62.1 Å². The van der Waals surface area contributed by atoms with Crippen molar-refractivity contribution in [1.82, 2.24) is 14.9 Å². The minimum atomic E-state index is -0.590. The number of imidazole rings is 1. The van der Waals surface area contributed by atoms with Crippen molar-refractivity contribution in [2.75, 3.05) is 6.66 Å². The van der Waals surface area contributed by atoms with Crippen LogP contribution in [0.25, 0.3) is 5.31 Å². The van der Waals surface area contributed by atoms with Crippen molar-refractivity contribution in [3.05, 3.63) is 71.8 Å². The van der Waals surface area contributed by atoms with Crippen molar-refractivity contribution >= 4 is 13.9 Å². The van der Waals surface area contributed by atoms with Gasteiger partial charge in [0.2, 0.25) is 0 Å². The van der Waals surface area contributed by atoms with E-state index in [0.29, 0.717) is 32.9 Å². The molecule has 4 rings (SSSR count). The molecule has 1 heterocycles. The second-order valence-corrected chi connectivity index (χ2v) is 10.1. The maximum Gasteiger partial charge on any atom is 0.137 e. The first-order chi connectivity index (χ1) is 15.5. The summed E-state index contributed by atoms with van der Waals surface area (Å²) in [6, 6.07) is 10.1. The topological polar surface area (TPSA) is 50.1 Å². The molecule has 0 radical (unpaired) electrons. The molecule has 0 aliphatic heterocycles. The van der Waals surface area contributed by atoms with Gasteiger partial charge in [0.25, 0.3) is 0 Å². The Morgan fingerprint density at radius 1 is 1.31 bits per heavy atom. The Balaban J connectivity index is 1.33. The Morgan fingerprint density at radius 2 is 2.06 bits per heavy atom. The van der Waals surface area contributed by atoms with Crippen molar-refractivity contribution in [2.45, 2.75) is 63.8 Å². The summed E-state index contributed by atoms with van der Waals surface area (Å²) in [5, 5.41) is 14.9. The van der Waals surface area contributed by atoms with Crippen LogP contribution < -0.4 is 5.32 Å². The molecule has 0 saturated heterocycles. The lowest BCUT2D eigenvalue weighted by atomic mass is 9.79. The third-order valence-corrected chi connectivity index (χ3v) is 7.42. The molecule has 2 aliphatic rings. The van der Waals surface area contributed by atoms with E-state index in [1.54, 1.807) is 13.1 Å². The number of aliphatic hydroxyl groups excluding tert-OH is 1. The molecule has 0 bridgehead atoms. The summed E-state index contributed by atoms with van der Waals surface area (Å²) >= 11 is 0. The summed E-state index contributed by atoms with van der Waals surface area (Å²) in [7, 11) is 0.665. The van der Waals surface area contributed by atoms with Crippen LogP contribution in [0.2, 0.25) is 0 Å². The van der Waals surface area contributed by atoms with E-state index >= 15 is 0 Å². The molecule has 5 heteroatoms. The summed E-state index contributed by atoms with van der Waals surface area (Å²) in [6.07, 6.45) is 11.7. The molecule has 2 saturated carbocycles. The summed E-state index contributed by atoms with van der Waals surface area (Å²) in [6.45, 7) is 8.77. The van der Waals surface area contributed by atoms with Crippen LogP contribution in [0.15, 0.2) is 54.9 Å².